The Morgan fingerprint density at radius 2 is 2.00 bits per heavy atom. The molecular formula is C12H17NO4S2. The number of sulfone groups is 2. The van der Waals surface area contributed by atoms with Crippen LogP contribution in [0.1, 0.15) is 6.42 Å². The minimum atomic E-state index is -3.28. The smallest absolute Gasteiger partial charge is 0.177 e. The molecule has 1 aromatic rings. The molecule has 1 fully saturated rings. The van der Waals surface area contributed by atoms with Crippen molar-refractivity contribution >= 4 is 25.4 Å². The molecule has 1 aromatic carbocycles. The molecule has 0 spiro atoms. The lowest BCUT2D eigenvalue weighted by Gasteiger charge is -2.13. The number of hydrogen-bond donors (Lipinski definition) is 1. The van der Waals surface area contributed by atoms with Gasteiger partial charge in [0.2, 0.25) is 0 Å². The summed E-state index contributed by atoms with van der Waals surface area (Å²) in [6, 6.07) is 6.66. The molecule has 0 radical (unpaired) electrons. The summed E-state index contributed by atoms with van der Waals surface area (Å²) in [5.74, 6) is 0.464. The van der Waals surface area contributed by atoms with Crippen LogP contribution in [-0.2, 0) is 19.7 Å². The first kappa shape index (κ1) is 14.3. The SMILES string of the molecule is CS(=O)(=O)c1ccccc1NCC1CCS(=O)(=O)C1. The van der Waals surface area contributed by atoms with Gasteiger partial charge in [0.25, 0.3) is 0 Å². The second kappa shape index (κ2) is 5.13. The molecule has 106 valence electrons. The lowest BCUT2D eigenvalue weighted by molar-refractivity contribution is 0.594. The van der Waals surface area contributed by atoms with Crippen molar-refractivity contribution < 1.29 is 16.8 Å². The Morgan fingerprint density at radius 3 is 2.58 bits per heavy atom. The molecule has 0 saturated carbocycles. The standard InChI is InChI=1S/C12H17NO4S2/c1-18(14,15)12-5-3-2-4-11(12)13-8-10-6-7-19(16,17)9-10/h2-5,10,13H,6-9H2,1H3. The first-order valence-electron chi connectivity index (χ1n) is 6.01. The largest absolute Gasteiger partial charge is 0.384 e. The number of benzene rings is 1. The Morgan fingerprint density at radius 1 is 1.32 bits per heavy atom. The maximum atomic E-state index is 11.6. The molecule has 19 heavy (non-hydrogen) atoms. The van der Waals surface area contributed by atoms with E-state index in [0.29, 0.717) is 18.7 Å². The number of para-hydroxylation sites is 1. The predicted octanol–water partition coefficient (Wildman–Crippen LogP) is 0.937. The molecule has 1 aliphatic rings. The average Bonchev–Trinajstić information content (AvgIpc) is 2.66. The van der Waals surface area contributed by atoms with Crippen LogP contribution in [0.25, 0.3) is 0 Å². The highest BCUT2D eigenvalue weighted by atomic mass is 32.2. The molecule has 0 bridgehead atoms. The fraction of sp³-hybridized carbons (Fsp3) is 0.500. The average molecular weight is 303 g/mol. The third-order valence-electron chi connectivity index (χ3n) is 3.19. The van der Waals surface area contributed by atoms with Crippen LogP contribution < -0.4 is 5.32 Å². The van der Waals surface area contributed by atoms with Crippen molar-refractivity contribution in [1.29, 1.82) is 0 Å². The Bertz CT molecular complexity index is 665. The molecule has 1 saturated heterocycles. The van der Waals surface area contributed by atoms with E-state index in [4.69, 9.17) is 0 Å². The van der Waals surface area contributed by atoms with Gasteiger partial charge in [0.05, 0.1) is 22.1 Å². The summed E-state index contributed by atoms with van der Waals surface area (Å²) in [6.45, 7) is 0.478. The number of nitrogens with one attached hydrogen (secondary N) is 1. The Hall–Kier alpha value is -1.08. The zero-order valence-electron chi connectivity index (χ0n) is 10.7. The van der Waals surface area contributed by atoms with Gasteiger partial charge in [-0.25, -0.2) is 16.8 Å². The van der Waals surface area contributed by atoms with Gasteiger partial charge in [-0.05, 0) is 24.5 Å². The van der Waals surface area contributed by atoms with Crippen molar-refractivity contribution in [1.82, 2.24) is 0 Å². The van der Waals surface area contributed by atoms with E-state index in [1.165, 1.54) is 0 Å². The normalized spacial score (nSPS) is 22.3. The summed E-state index contributed by atoms with van der Waals surface area (Å²) < 4.78 is 45.9. The van der Waals surface area contributed by atoms with Crippen molar-refractivity contribution in [3.63, 3.8) is 0 Å². The monoisotopic (exact) mass is 303 g/mol. The van der Waals surface area contributed by atoms with E-state index < -0.39 is 19.7 Å². The molecule has 1 aliphatic heterocycles. The second-order valence-electron chi connectivity index (χ2n) is 4.92. The molecule has 2 rings (SSSR count). The first-order valence-corrected chi connectivity index (χ1v) is 9.72. The molecular weight excluding hydrogens is 286 g/mol. The van der Waals surface area contributed by atoms with Crippen LogP contribution in [0.4, 0.5) is 5.69 Å². The van der Waals surface area contributed by atoms with E-state index in [2.05, 4.69) is 5.32 Å². The van der Waals surface area contributed by atoms with E-state index in [1.807, 2.05) is 0 Å². The zero-order valence-corrected chi connectivity index (χ0v) is 12.3. The van der Waals surface area contributed by atoms with E-state index in [1.54, 1.807) is 24.3 Å². The van der Waals surface area contributed by atoms with Crippen molar-refractivity contribution in [2.24, 2.45) is 5.92 Å². The fourth-order valence-corrected chi connectivity index (χ4v) is 4.95. The van der Waals surface area contributed by atoms with Crippen LogP contribution in [0, 0.1) is 5.92 Å². The van der Waals surface area contributed by atoms with Crippen LogP contribution in [0.3, 0.4) is 0 Å². The minimum absolute atomic E-state index is 0.0533. The van der Waals surface area contributed by atoms with E-state index in [0.717, 1.165) is 6.26 Å². The summed E-state index contributed by atoms with van der Waals surface area (Å²) >= 11 is 0. The molecule has 0 amide bonds. The highest BCUT2D eigenvalue weighted by Gasteiger charge is 2.27. The fourth-order valence-electron chi connectivity index (χ4n) is 2.22. The maximum Gasteiger partial charge on any atom is 0.177 e. The molecule has 1 atom stereocenters. The van der Waals surface area contributed by atoms with Crippen molar-refractivity contribution in [2.45, 2.75) is 11.3 Å². The number of hydrogen-bond acceptors (Lipinski definition) is 5. The van der Waals surface area contributed by atoms with Gasteiger partial charge < -0.3 is 5.32 Å². The van der Waals surface area contributed by atoms with Crippen molar-refractivity contribution in [3.05, 3.63) is 24.3 Å². The van der Waals surface area contributed by atoms with E-state index in [-0.39, 0.29) is 22.3 Å². The van der Waals surface area contributed by atoms with Crippen LogP contribution in [0.5, 0.6) is 0 Å². The van der Waals surface area contributed by atoms with Gasteiger partial charge in [0.1, 0.15) is 0 Å². The molecule has 0 aliphatic carbocycles. The summed E-state index contributed by atoms with van der Waals surface area (Å²) in [6.07, 6.45) is 1.80. The van der Waals surface area contributed by atoms with Gasteiger partial charge in [-0.2, -0.15) is 0 Å². The summed E-state index contributed by atoms with van der Waals surface area (Å²) in [5.41, 5.74) is 0.536. The Balaban J connectivity index is 2.09. The van der Waals surface area contributed by atoms with Gasteiger partial charge in [0.15, 0.2) is 19.7 Å². The quantitative estimate of drug-likeness (QED) is 0.895. The maximum absolute atomic E-state index is 11.6. The van der Waals surface area contributed by atoms with Gasteiger partial charge in [0, 0.05) is 12.8 Å². The van der Waals surface area contributed by atoms with Crippen LogP contribution in [0.2, 0.25) is 0 Å². The van der Waals surface area contributed by atoms with E-state index >= 15 is 0 Å². The molecule has 1 N–H and O–H groups in total. The topological polar surface area (TPSA) is 80.3 Å². The zero-order chi connectivity index (χ0) is 14.1. The molecule has 1 heterocycles. The van der Waals surface area contributed by atoms with Gasteiger partial charge in [-0.3, -0.25) is 0 Å². The molecule has 0 aromatic heterocycles. The van der Waals surface area contributed by atoms with Crippen molar-refractivity contribution in [3.8, 4) is 0 Å². The lowest BCUT2D eigenvalue weighted by atomic mass is 10.1. The third-order valence-corrected chi connectivity index (χ3v) is 6.19. The lowest BCUT2D eigenvalue weighted by Crippen LogP contribution is -2.17. The van der Waals surface area contributed by atoms with Crippen molar-refractivity contribution in [2.75, 3.05) is 29.6 Å². The first-order chi connectivity index (χ1) is 8.78. The highest BCUT2D eigenvalue weighted by Crippen LogP contribution is 2.23. The summed E-state index contributed by atoms with van der Waals surface area (Å²) in [4.78, 5) is 0.246. The summed E-state index contributed by atoms with van der Waals surface area (Å²) in [7, 11) is -6.18. The van der Waals surface area contributed by atoms with Crippen LogP contribution in [-0.4, -0.2) is 41.1 Å². The van der Waals surface area contributed by atoms with Gasteiger partial charge in [-0.1, -0.05) is 12.1 Å². The highest BCUT2D eigenvalue weighted by molar-refractivity contribution is 7.91. The number of anilines is 1. The molecule has 1 unspecified atom stereocenters. The van der Waals surface area contributed by atoms with E-state index in [9.17, 15) is 16.8 Å². The van der Waals surface area contributed by atoms with Gasteiger partial charge >= 0.3 is 0 Å². The van der Waals surface area contributed by atoms with Crippen LogP contribution in [0.15, 0.2) is 29.2 Å². The minimum Gasteiger partial charge on any atom is -0.384 e. The summed E-state index contributed by atoms with van der Waals surface area (Å²) in [5, 5.41) is 3.06. The van der Waals surface area contributed by atoms with Crippen LogP contribution >= 0.6 is 0 Å². The second-order valence-corrected chi connectivity index (χ2v) is 9.13. The van der Waals surface area contributed by atoms with Gasteiger partial charge in [-0.15, -0.1) is 0 Å². The Kier molecular flexibility index (Phi) is 3.87. The number of rotatable bonds is 4. The Labute approximate surface area is 113 Å². The molecule has 5 nitrogen and oxygen atoms in total. The third kappa shape index (κ3) is 3.70. The molecule has 7 heteroatoms. The predicted molar refractivity (Wildman–Crippen MR) is 74.8 cm³/mol.